The van der Waals surface area contributed by atoms with Crippen molar-refractivity contribution in [2.75, 3.05) is 0 Å². The van der Waals surface area contributed by atoms with E-state index in [0.717, 1.165) is 18.4 Å². The van der Waals surface area contributed by atoms with Crippen LogP contribution in [0.15, 0.2) is 79.1 Å². The van der Waals surface area contributed by atoms with E-state index in [9.17, 15) is 4.79 Å². The van der Waals surface area contributed by atoms with Crippen LogP contribution in [0.2, 0.25) is 5.02 Å². The van der Waals surface area contributed by atoms with Crippen molar-refractivity contribution in [2.24, 2.45) is 0 Å². The number of aromatic nitrogens is 1. The second-order valence-corrected chi connectivity index (χ2v) is 6.25. The number of hydrogen-bond donors (Lipinski definition) is 0. The van der Waals surface area contributed by atoms with Crippen molar-refractivity contribution < 1.29 is 4.79 Å². The Hall–Kier alpha value is -2.71. The van der Waals surface area contributed by atoms with E-state index in [4.69, 9.17) is 11.6 Å². The second kappa shape index (κ2) is 8.41. The molecule has 0 spiro atoms. The molecule has 2 aromatic carbocycles. The van der Waals surface area contributed by atoms with Gasteiger partial charge in [-0.2, -0.15) is 0 Å². The number of rotatable bonds is 6. The summed E-state index contributed by atoms with van der Waals surface area (Å²) in [4.78, 5) is 16.3. The summed E-state index contributed by atoms with van der Waals surface area (Å²) < 4.78 is 0. The number of nitrogens with zero attached hydrogens (tertiary/aromatic N) is 1. The molecule has 0 atom stereocenters. The number of aryl methyl sites for hydroxylation is 2. The number of halogens is 1. The summed E-state index contributed by atoms with van der Waals surface area (Å²) in [6, 6.07) is 19.3. The maximum Gasteiger partial charge on any atom is 0.185 e. The zero-order chi connectivity index (χ0) is 17.5. The Balaban J connectivity index is 1.59. The predicted octanol–water partition coefficient (Wildman–Crippen LogP) is 5.42. The smallest absolute Gasteiger partial charge is 0.185 e. The molecule has 1 heterocycles. The maximum atomic E-state index is 12.1. The summed E-state index contributed by atoms with van der Waals surface area (Å²) in [6.07, 6.45) is 9.03. The molecule has 0 aliphatic rings. The topological polar surface area (TPSA) is 30.0 Å². The highest BCUT2D eigenvalue weighted by atomic mass is 35.5. The van der Waals surface area contributed by atoms with E-state index in [1.165, 1.54) is 11.1 Å². The first kappa shape index (κ1) is 17.1. The molecule has 3 rings (SSSR count). The lowest BCUT2D eigenvalue weighted by Crippen LogP contribution is -1.93. The summed E-state index contributed by atoms with van der Waals surface area (Å²) in [5.41, 5.74) is 4.10. The molecular weight excluding hydrogens is 330 g/mol. The number of carbonyl (C=O) groups is 1. The molecule has 124 valence electrons. The van der Waals surface area contributed by atoms with E-state index >= 15 is 0 Å². The van der Waals surface area contributed by atoms with E-state index in [1.807, 2.05) is 30.5 Å². The molecule has 0 bridgehead atoms. The van der Waals surface area contributed by atoms with Crippen LogP contribution in [0.25, 0.3) is 6.08 Å². The third kappa shape index (κ3) is 5.13. The van der Waals surface area contributed by atoms with Crippen molar-refractivity contribution in [2.45, 2.75) is 12.8 Å². The van der Waals surface area contributed by atoms with E-state index in [2.05, 4.69) is 23.2 Å². The molecule has 0 radical (unpaired) electrons. The monoisotopic (exact) mass is 347 g/mol. The van der Waals surface area contributed by atoms with Crippen LogP contribution in [0.5, 0.6) is 0 Å². The molecular formula is C22H18ClNO. The van der Waals surface area contributed by atoms with Gasteiger partial charge in [0.1, 0.15) is 0 Å². The van der Waals surface area contributed by atoms with Gasteiger partial charge in [-0.1, -0.05) is 60.1 Å². The van der Waals surface area contributed by atoms with E-state index in [1.54, 1.807) is 36.5 Å². The van der Waals surface area contributed by atoms with Gasteiger partial charge in [-0.05, 0) is 53.8 Å². The lowest BCUT2D eigenvalue weighted by molar-refractivity contribution is 0.104. The number of carbonyl (C=O) groups excluding carboxylic acids is 1. The SMILES string of the molecule is O=C(/C=C/c1ccc(CCc2cccnc2)cc1)c1cccc(Cl)c1. The van der Waals surface area contributed by atoms with E-state index in [0.29, 0.717) is 10.6 Å². The molecule has 0 saturated heterocycles. The molecule has 0 amide bonds. The van der Waals surface area contributed by atoms with Crippen LogP contribution in [0.4, 0.5) is 0 Å². The number of allylic oxidation sites excluding steroid dienone is 1. The molecule has 25 heavy (non-hydrogen) atoms. The fourth-order valence-corrected chi connectivity index (χ4v) is 2.73. The van der Waals surface area contributed by atoms with Gasteiger partial charge in [0.2, 0.25) is 0 Å². The quantitative estimate of drug-likeness (QED) is 0.440. The van der Waals surface area contributed by atoms with Gasteiger partial charge in [-0.3, -0.25) is 9.78 Å². The summed E-state index contributed by atoms with van der Waals surface area (Å²) in [6.45, 7) is 0. The van der Waals surface area contributed by atoms with Gasteiger partial charge in [-0.15, -0.1) is 0 Å². The first-order valence-electron chi connectivity index (χ1n) is 8.16. The van der Waals surface area contributed by atoms with Gasteiger partial charge in [0.25, 0.3) is 0 Å². The van der Waals surface area contributed by atoms with Gasteiger partial charge in [-0.25, -0.2) is 0 Å². The van der Waals surface area contributed by atoms with Crippen molar-refractivity contribution in [1.82, 2.24) is 4.98 Å². The van der Waals surface area contributed by atoms with Crippen molar-refractivity contribution in [3.05, 3.63) is 106 Å². The van der Waals surface area contributed by atoms with Crippen LogP contribution < -0.4 is 0 Å². The standard InChI is InChI=1S/C22H18ClNO/c23-21-5-1-4-20(15-21)22(25)13-12-18-8-6-17(7-9-18)10-11-19-3-2-14-24-16-19/h1-9,12-16H,10-11H2/b13-12+. The van der Waals surface area contributed by atoms with Crippen molar-refractivity contribution in [1.29, 1.82) is 0 Å². The van der Waals surface area contributed by atoms with Crippen LogP contribution in [0.3, 0.4) is 0 Å². The van der Waals surface area contributed by atoms with Crippen LogP contribution in [0.1, 0.15) is 27.0 Å². The third-order valence-corrected chi connectivity index (χ3v) is 4.18. The Morgan fingerprint density at radius 2 is 1.76 bits per heavy atom. The Labute approximate surface area is 152 Å². The Bertz CT molecular complexity index is 870. The highest BCUT2D eigenvalue weighted by Gasteiger charge is 2.02. The van der Waals surface area contributed by atoms with Crippen LogP contribution in [-0.4, -0.2) is 10.8 Å². The van der Waals surface area contributed by atoms with Gasteiger partial charge in [0, 0.05) is 23.0 Å². The van der Waals surface area contributed by atoms with Crippen molar-refractivity contribution >= 4 is 23.5 Å². The van der Waals surface area contributed by atoms with Crippen LogP contribution in [-0.2, 0) is 12.8 Å². The maximum absolute atomic E-state index is 12.1. The lowest BCUT2D eigenvalue weighted by Gasteiger charge is -2.02. The van der Waals surface area contributed by atoms with Crippen molar-refractivity contribution in [3.63, 3.8) is 0 Å². The second-order valence-electron chi connectivity index (χ2n) is 5.81. The summed E-state index contributed by atoms with van der Waals surface area (Å²) in [7, 11) is 0. The van der Waals surface area contributed by atoms with Gasteiger partial charge >= 0.3 is 0 Å². The molecule has 0 aliphatic carbocycles. The molecule has 2 nitrogen and oxygen atoms in total. The zero-order valence-corrected chi connectivity index (χ0v) is 14.5. The summed E-state index contributed by atoms with van der Waals surface area (Å²) in [5, 5.41) is 0.567. The molecule has 3 heteroatoms. The third-order valence-electron chi connectivity index (χ3n) is 3.94. The van der Waals surface area contributed by atoms with Gasteiger partial charge < -0.3 is 0 Å². The fraction of sp³-hybridized carbons (Fsp3) is 0.0909. The first-order chi connectivity index (χ1) is 12.2. The average Bonchev–Trinajstić information content (AvgIpc) is 2.66. The van der Waals surface area contributed by atoms with Crippen molar-refractivity contribution in [3.8, 4) is 0 Å². The van der Waals surface area contributed by atoms with E-state index < -0.39 is 0 Å². The molecule has 1 aromatic heterocycles. The Morgan fingerprint density at radius 1 is 0.960 bits per heavy atom. The predicted molar refractivity (Wildman–Crippen MR) is 103 cm³/mol. The Kier molecular flexibility index (Phi) is 5.76. The largest absolute Gasteiger partial charge is 0.289 e. The molecule has 0 unspecified atom stereocenters. The molecule has 0 saturated carbocycles. The average molecular weight is 348 g/mol. The molecule has 0 N–H and O–H groups in total. The highest BCUT2D eigenvalue weighted by Crippen LogP contribution is 2.13. The number of hydrogen-bond acceptors (Lipinski definition) is 2. The highest BCUT2D eigenvalue weighted by molar-refractivity contribution is 6.31. The molecule has 0 aliphatic heterocycles. The van der Waals surface area contributed by atoms with E-state index in [-0.39, 0.29) is 5.78 Å². The normalized spacial score (nSPS) is 10.9. The minimum absolute atomic E-state index is 0.0526. The molecule has 0 fully saturated rings. The first-order valence-corrected chi connectivity index (χ1v) is 8.54. The van der Waals surface area contributed by atoms with Crippen LogP contribution >= 0.6 is 11.6 Å². The summed E-state index contributed by atoms with van der Waals surface area (Å²) >= 11 is 5.92. The Morgan fingerprint density at radius 3 is 2.48 bits per heavy atom. The summed E-state index contributed by atoms with van der Waals surface area (Å²) in [5.74, 6) is -0.0526. The minimum Gasteiger partial charge on any atom is -0.289 e. The lowest BCUT2D eigenvalue weighted by atomic mass is 10.0. The minimum atomic E-state index is -0.0526. The fourth-order valence-electron chi connectivity index (χ4n) is 2.54. The number of pyridine rings is 1. The van der Waals surface area contributed by atoms with Gasteiger partial charge in [0.05, 0.1) is 0 Å². The van der Waals surface area contributed by atoms with Gasteiger partial charge in [0.15, 0.2) is 5.78 Å². The number of benzene rings is 2. The number of ketones is 1. The zero-order valence-electron chi connectivity index (χ0n) is 13.7. The molecule has 3 aromatic rings. The van der Waals surface area contributed by atoms with Crippen LogP contribution in [0, 0.1) is 0 Å².